The first-order valence-corrected chi connectivity index (χ1v) is 5.48. The van der Waals surface area contributed by atoms with Gasteiger partial charge in [0.2, 0.25) is 0 Å². The number of aromatic nitrogens is 1. The molecule has 0 aromatic carbocycles. The maximum atomic E-state index is 11.0. The molecule has 1 rings (SSSR count). The van der Waals surface area contributed by atoms with Crippen LogP contribution in [0.1, 0.15) is 37.0 Å². The van der Waals surface area contributed by atoms with Gasteiger partial charge < -0.3 is 9.30 Å². The lowest BCUT2D eigenvalue weighted by Gasteiger charge is -2.04. The lowest BCUT2D eigenvalue weighted by Crippen LogP contribution is -2.05. The Bertz CT molecular complexity index is 304. The molecule has 0 unspecified atom stereocenters. The number of ketones is 1. The fourth-order valence-electron chi connectivity index (χ4n) is 1.31. The lowest BCUT2D eigenvalue weighted by atomic mass is 10.2. The monoisotopic (exact) mass is 209 g/mol. The van der Waals surface area contributed by atoms with E-state index in [1.807, 2.05) is 23.0 Å². The molecule has 0 N–H and O–H groups in total. The molecule has 3 heteroatoms. The van der Waals surface area contributed by atoms with Crippen molar-refractivity contribution >= 4 is 5.78 Å². The van der Waals surface area contributed by atoms with Crippen LogP contribution in [-0.2, 0) is 11.3 Å². The Morgan fingerprint density at radius 1 is 1.47 bits per heavy atom. The summed E-state index contributed by atoms with van der Waals surface area (Å²) in [6, 6.07) is 1.84. The molecule has 0 saturated carbocycles. The largest absolute Gasteiger partial charge is 0.380 e. The third kappa shape index (κ3) is 4.30. The van der Waals surface area contributed by atoms with Crippen LogP contribution in [0.5, 0.6) is 0 Å². The van der Waals surface area contributed by atoms with Crippen molar-refractivity contribution in [3.8, 4) is 0 Å². The summed E-state index contributed by atoms with van der Waals surface area (Å²) in [6.45, 7) is 6.09. The van der Waals surface area contributed by atoms with Crippen LogP contribution in [0.4, 0.5) is 0 Å². The Morgan fingerprint density at radius 2 is 2.27 bits per heavy atom. The maximum absolute atomic E-state index is 11.0. The standard InChI is InChI=1S/C12H19NO2/c1-3-4-8-15-9-7-13-6-5-12(10-13)11(2)14/h5-6,10H,3-4,7-9H2,1-2H3. The molecule has 1 aromatic heterocycles. The van der Waals surface area contributed by atoms with Gasteiger partial charge in [-0.2, -0.15) is 0 Å². The molecule has 0 bridgehead atoms. The summed E-state index contributed by atoms with van der Waals surface area (Å²) in [4.78, 5) is 11.0. The van der Waals surface area contributed by atoms with Crippen LogP contribution in [0.3, 0.4) is 0 Å². The van der Waals surface area contributed by atoms with Gasteiger partial charge in [0.1, 0.15) is 0 Å². The van der Waals surface area contributed by atoms with E-state index >= 15 is 0 Å². The zero-order valence-corrected chi connectivity index (χ0v) is 9.53. The molecule has 0 spiro atoms. The van der Waals surface area contributed by atoms with Gasteiger partial charge in [0.25, 0.3) is 0 Å². The smallest absolute Gasteiger partial charge is 0.161 e. The highest BCUT2D eigenvalue weighted by atomic mass is 16.5. The van der Waals surface area contributed by atoms with Crippen molar-refractivity contribution in [3.05, 3.63) is 24.0 Å². The van der Waals surface area contributed by atoms with Gasteiger partial charge >= 0.3 is 0 Å². The first-order valence-electron chi connectivity index (χ1n) is 5.48. The van der Waals surface area contributed by atoms with Crippen LogP contribution in [0.2, 0.25) is 0 Å². The normalized spacial score (nSPS) is 10.5. The van der Waals surface area contributed by atoms with E-state index in [0.29, 0.717) is 6.61 Å². The van der Waals surface area contributed by atoms with Gasteiger partial charge in [0, 0.05) is 31.1 Å². The molecule has 0 radical (unpaired) electrons. The van der Waals surface area contributed by atoms with Crippen LogP contribution < -0.4 is 0 Å². The minimum Gasteiger partial charge on any atom is -0.380 e. The maximum Gasteiger partial charge on any atom is 0.161 e. The predicted molar refractivity (Wildman–Crippen MR) is 60.2 cm³/mol. The molecule has 0 amide bonds. The minimum atomic E-state index is 0.112. The van der Waals surface area contributed by atoms with Crippen LogP contribution in [0.25, 0.3) is 0 Å². The van der Waals surface area contributed by atoms with E-state index in [9.17, 15) is 4.79 Å². The average molecular weight is 209 g/mol. The summed E-state index contributed by atoms with van der Waals surface area (Å²) in [5.74, 6) is 0.112. The zero-order chi connectivity index (χ0) is 11.1. The average Bonchev–Trinajstić information content (AvgIpc) is 2.66. The first-order chi connectivity index (χ1) is 7.24. The highest BCUT2D eigenvalue weighted by Gasteiger charge is 2.00. The van der Waals surface area contributed by atoms with Crippen LogP contribution in [0.15, 0.2) is 18.5 Å². The van der Waals surface area contributed by atoms with E-state index in [1.54, 1.807) is 6.92 Å². The summed E-state index contributed by atoms with van der Waals surface area (Å²) >= 11 is 0. The van der Waals surface area contributed by atoms with Gasteiger partial charge in [-0.05, 0) is 19.4 Å². The molecule has 0 aliphatic heterocycles. The van der Waals surface area contributed by atoms with E-state index in [-0.39, 0.29) is 5.78 Å². The fraction of sp³-hybridized carbons (Fsp3) is 0.583. The number of rotatable bonds is 7. The van der Waals surface area contributed by atoms with E-state index in [2.05, 4.69) is 6.92 Å². The Labute approximate surface area is 91.0 Å². The molecular weight excluding hydrogens is 190 g/mol. The first kappa shape index (κ1) is 12.0. The predicted octanol–water partition coefficient (Wildman–Crippen LogP) is 2.51. The molecule has 0 fully saturated rings. The van der Waals surface area contributed by atoms with Crippen LogP contribution in [0, 0.1) is 0 Å². The Balaban J connectivity index is 2.23. The van der Waals surface area contributed by atoms with Gasteiger partial charge in [-0.1, -0.05) is 13.3 Å². The van der Waals surface area contributed by atoms with E-state index in [1.165, 1.54) is 0 Å². The molecule has 84 valence electrons. The van der Waals surface area contributed by atoms with Gasteiger partial charge in [-0.25, -0.2) is 0 Å². The lowest BCUT2D eigenvalue weighted by molar-refractivity contribution is 0.101. The van der Waals surface area contributed by atoms with Crippen molar-refractivity contribution in [1.82, 2.24) is 4.57 Å². The number of Topliss-reactive ketones (excluding diaryl/α,β-unsaturated/α-hetero) is 1. The molecule has 1 aromatic rings. The Hall–Kier alpha value is -1.09. The Morgan fingerprint density at radius 3 is 2.87 bits per heavy atom. The van der Waals surface area contributed by atoms with Gasteiger partial charge in [0.15, 0.2) is 5.78 Å². The highest BCUT2D eigenvalue weighted by molar-refractivity contribution is 5.93. The minimum absolute atomic E-state index is 0.112. The third-order valence-corrected chi connectivity index (χ3v) is 2.29. The zero-order valence-electron chi connectivity index (χ0n) is 9.53. The molecule has 0 aliphatic carbocycles. The van der Waals surface area contributed by atoms with Crippen LogP contribution >= 0.6 is 0 Å². The molecular formula is C12H19NO2. The number of ether oxygens (including phenoxy) is 1. The number of hydrogen-bond donors (Lipinski definition) is 0. The number of unbranched alkanes of at least 4 members (excludes halogenated alkanes) is 1. The molecule has 1 heterocycles. The second-order valence-corrected chi connectivity index (χ2v) is 3.66. The molecule has 0 saturated heterocycles. The molecule has 0 aliphatic rings. The number of hydrogen-bond acceptors (Lipinski definition) is 2. The van der Waals surface area contributed by atoms with Crippen molar-refractivity contribution < 1.29 is 9.53 Å². The summed E-state index contributed by atoms with van der Waals surface area (Å²) in [7, 11) is 0. The van der Waals surface area contributed by atoms with Crippen molar-refractivity contribution in [2.45, 2.75) is 33.2 Å². The number of carbonyl (C=O) groups is 1. The van der Waals surface area contributed by atoms with E-state index in [4.69, 9.17) is 4.74 Å². The van der Waals surface area contributed by atoms with E-state index < -0.39 is 0 Å². The fourth-order valence-corrected chi connectivity index (χ4v) is 1.31. The van der Waals surface area contributed by atoms with Crippen LogP contribution in [-0.4, -0.2) is 23.6 Å². The summed E-state index contributed by atoms with van der Waals surface area (Å²) < 4.78 is 7.43. The van der Waals surface area contributed by atoms with Gasteiger partial charge in [0.05, 0.1) is 6.61 Å². The van der Waals surface area contributed by atoms with Gasteiger partial charge in [-0.15, -0.1) is 0 Å². The van der Waals surface area contributed by atoms with Crippen molar-refractivity contribution in [3.63, 3.8) is 0 Å². The van der Waals surface area contributed by atoms with Crippen molar-refractivity contribution in [2.75, 3.05) is 13.2 Å². The second-order valence-electron chi connectivity index (χ2n) is 3.66. The third-order valence-electron chi connectivity index (χ3n) is 2.29. The summed E-state index contributed by atoms with van der Waals surface area (Å²) in [6.07, 6.45) is 6.06. The topological polar surface area (TPSA) is 31.2 Å². The SMILES string of the molecule is CCCCOCCn1ccc(C(C)=O)c1. The highest BCUT2D eigenvalue weighted by Crippen LogP contribution is 2.02. The molecule has 0 atom stereocenters. The van der Waals surface area contributed by atoms with Crippen molar-refractivity contribution in [2.24, 2.45) is 0 Å². The van der Waals surface area contributed by atoms with E-state index in [0.717, 1.165) is 31.6 Å². The summed E-state index contributed by atoms with van der Waals surface area (Å²) in [5.41, 5.74) is 0.767. The number of carbonyl (C=O) groups excluding carboxylic acids is 1. The quantitative estimate of drug-likeness (QED) is 0.510. The second kappa shape index (κ2) is 6.40. The van der Waals surface area contributed by atoms with Crippen molar-refractivity contribution in [1.29, 1.82) is 0 Å². The summed E-state index contributed by atoms with van der Waals surface area (Å²) in [5, 5.41) is 0. The Kier molecular flexibility index (Phi) is 5.12. The van der Waals surface area contributed by atoms with Gasteiger partial charge in [-0.3, -0.25) is 4.79 Å². The molecule has 15 heavy (non-hydrogen) atoms. The molecule has 3 nitrogen and oxygen atoms in total. The number of nitrogens with zero attached hydrogens (tertiary/aromatic N) is 1.